The molecule has 3 heterocycles. The summed E-state index contributed by atoms with van der Waals surface area (Å²) in [6.07, 6.45) is 8.60. The Bertz CT molecular complexity index is 2610. The maximum absolute atomic E-state index is 5.24. The summed E-state index contributed by atoms with van der Waals surface area (Å²) in [5.74, 6) is 0. The number of rotatable bonds is 5. The number of pyridine rings is 1. The molecule has 0 N–H and O–H groups in total. The molecule has 1 aliphatic rings. The van der Waals surface area contributed by atoms with Crippen molar-refractivity contribution in [3.63, 3.8) is 0 Å². The van der Waals surface area contributed by atoms with Crippen LogP contribution in [0.15, 0.2) is 187 Å². The molecule has 0 spiro atoms. The second-order valence-electron chi connectivity index (χ2n) is 12.2. The Hall–Kier alpha value is -6.16. The average molecular weight is 643 g/mol. The fourth-order valence-corrected chi connectivity index (χ4v) is 7.88. The van der Waals surface area contributed by atoms with Crippen molar-refractivity contribution in [3.8, 4) is 22.4 Å². The average Bonchev–Trinajstić information content (AvgIpc) is 3.56. The fraction of sp³-hybridized carbons (Fsp3) is 0. The molecule has 0 saturated heterocycles. The van der Waals surface area contributed by atoms with Gasteiger partial charge in [0.05, 0.1) is 27.3 Å². The van der Waals surface area contributed by atoms with Crippen molar-refractivity contribution in [1.29, 1.82) is 0 Å². The molecule has 0 bridgehead atoms. The van der Waals surface area contributed by atoms with Crippen molar-refractivity contribution in [2.24, 2.45) is 4.99 Å². The normalized spacial score (nSPS) is 17.0. The van der Waals surface area contributed by atoms with Crippen LogP contribution < -0.4 is 0 Å². The Morgan fingerprint density at radius 2 is 1.06 bits per heavy atom. The van der Waals surface area contributed by atoms with Crippen LogP contribution in [0.5, 0.6) is 0 Å². The predicted octanol–water partition coefficient (Wildman–Crippen LogP) is 12.4. The van der Waals surface area contributed by atoms with E-state index in [4.69, 9.17) is 9.98 Å². The molecule has 0 fully saturated rings. The lowest BCUT2D eigenvalue weighted by Crippen LogP contribution is -1.99. The zero-order chi connectivity index (χ0) is 32.6. The summed E-state index contributed by atoms with van der Waals surface area (Å²) in [6.45, 7) is 0. The molecule has 49 heavy (non-hydrogen) atoms. The van der Waals surface area contributed by atoms with Crippen molar-refractivity contribution in [3.05, 3.63) is 199 Å². The second kappa shape index (κ2) is 12.5. The highest BCUT2D eigenvalue weighted by atomic mass is 32.1. The van der Waals surface area contributed by atoms with E-state index in [9.17, 15) is 0 Å². The van der Waals surface area contributed by atoms with Crippen molar-refractivity contribution in [1.82, 2.24) is 4.98 Å². The number of para-hydroxylation sites is 1. The minimum atomic E-state index is 0.918. The molecule has 1 aliphatic heterocycles. The summed E-state index contributed by atoms with van der Waals surface area (Å²) in [7, 11) is 0. The maximum Gasteiger partial charge on any atom is 0.0888 e. The summed E-state index contributed by atoms with van der Waals surface area (Å²) in [5, 5.41) is 3.78. The van der Waals surface area contributed by atoms with Gasteiger partial charge in [0.2, 0.25) is 0 Å². The zero-order valence-corrected chi connectivity index (χ0v) is 27.4. The van der Waals surface area contributed by atoms with Gasteiger partial charge in [0, 0.05) is 37.5 Å². The molecule has 0 saturated carbocycles. The highest BCUT2D eigenvalue weighted by molar-refractivity contribution is 7.26. The van der Waals surface area contributed by atoms with Gasteiger partial charge in [-0.15, -0.1) is 11.3 Å². The van der Waals surface area contributed by atoms with Gasteiger partial charge in [-0.1, -0.05) is 158 Å². The molecule has 6 aromatic carbocycles. The van der Waals surface area contributed by atoms with Crippen LogP contribution in [-0.2, 0) is 0 Å². The standard InChI is InChI=1S/C46H30N2S/c1-3-12-31(13-4-1)32-22-26-35(27-23-32)42-30-37(16-11-20-40(47-42)34-14-5-2-6-15-34)33-24-28-36(29-25-33)45-46-44(38-17-7-9-19-41(38)48-45)39-18-8-10-21-43(39)49-46/h1-30H/b16-11?,20-11+,37-16-,37-30?,40-20?,42-30-,47-40+,47-42?. The number of aliphatic imine (C=N–C) groups is 1. The lowest BCUT2D eigenvalue weighted by Gasteiger charge is -2.13. The van der Waals surface area contributed by atoms with E-state index < -0.39 is 0 Å². The lowest BCUT2D eigenvalue weighted by atomic mass is 9.97. The minimum absolute atomic E-state index is 0.918. The van der Waals surface area contributed by atoms with E-state index in [1.54, 1.807) is 0 Å². The van der Waals surface area contributed by atoms with Gasteiger partial charge in [-0.25, -0.2) is 9.98 Å². The van der Waals surface area contributed by atoms with Gasteiger partial charge in [0.25, 0.3) is 0 Å². The molecular weight excluding hydrogens is 613 g/mol. The predicted molar refractivity (Wildman–Crippen MR) is 210 cm³/mol. The van der Waals surface area contributed by atoms with Gasteiger partial charge >= 0.3 is 0 Å². The third kappa shape index (κ3) is 5.50. The van der Waals surface area contributed by atoms with E-state index in [1.807, 2.05) is 23.5 Å². The van der Waals surface area contributed by atoms with Crippen LogP contribution in [-0.4, -0.2) is 10.7 Å². The smallest absolute Gasteiger partial charge is 0.0888 e. The number of hydrogen-bond donors (Lipinski definition) is 0. The van der Waals surface area contributed by atoms with E-state index in [-0.39, 0.29) is 0 Å². The maximum atomic E-state index is 5.24. The molecule has 0 aliphatic carbocycles. The number of allylic oxidation sites excluding steroid dienone is 5. The van der Waals surface area contributed by atoms with Gasteiger partial charge in [-0.2, -0.15) is 0 Å². The number of aromatic nitrogens is 1. The lowest BCUT2D eigenvalue weighted by molar-refractivity contribution is 1.43. The molecule has 3 heteroatoms. The van der Waals surface area contributed by atoms with Gasteiger partial charge in [-0.3, -0.25) is 0 Å². The molecule has 2 nitrogen and oxygen atoms in total. The molecule has 0 amide bonds. The summed E-state index contributed by atoms with van der Waals surface area (Å²) < 4.78 is 2.51. The summed E-state index contributed by atoms with van der Waals surface area (Å²) in [6, 6.07) is 55.6. The molecule has 0 atom stereocenters. The molecule has 2 aromatic heterocycles. The van der Waals surface area contributed by atoms with Crippen LogP contribution in [0.2, 0.25) is 0 Å². The van der Waals surface area contributed by atoms with Crippen molar-refractivity contribution < 1.29 is 0 Å². The molecule has 230 valence electrons. The molecular formula is C46H30N2S. The van der Waals surface area contributed by atoms with Crippen LogP contribution in [0.1, 0.15) is 16.7 Å². The van der Waals surface area contributed by atoms with Crippen molar-refractivity contribution >= 4 is 59.4 Å². The van der Waals surface area contributed by atoms with Gasteiger partial charge in [0.1, 0.15) is 0 Å². The number of hydrogen-bond acceptors (Lipinski definition) is 3. The Kier molecular flexibility index (Phi) is 7.38. The molecule has 0 unspecified atom stereocenters. The fourth-order valence-electron chi connectivity index (χ4n) is 6.65. The number of benzene rings is 6. The minimum Gasteiger partial charge on any atom is -0.248 e. The first-order chi connectivity index (χ1) is 24.3. The first-order valence-corrected chi connectivity index (χ1v) is 17.3. The van der Waals surface area contributed by atoms with Crippen LogP contribution in [0.4, 0.5) is 0 Å². The third-order valence-electron chi connectivity index (χ3n) is 9.13. The Morgan fingerprint density at radius 1 is 0.469 bits per heavy atom. The van der Waals surface area contributed by atoms with Crippen LogP contribution in [0, 0.1) is 0 Å². The van der Waals surface area contributed by atoms with Gasteiger partial charge < -0.3 is 0 Å². The third-order valence-corrected chi connectivity index (χ3v) is 10.3. The summed E-state index contributed by atoms with van der Waals surface area (Å²) in [4.78, 5) is 10.5. The van der Waals surface area contributed by atoms with Crippen molar-refractivity contribution in [2.45, 2.75) is 0 Å². The van der Waals surface area contributed by atoms with Gasteiger partial charge in [0.15, 0.2) is 0 Å². The number of thiophene rings is 1. The molecule has 0 radical (unpaired) electrons. The van der Waals surface area contributed by atoms with Crippen LogP contribution >= 0.6 is 11.3 Å². The molecule has 9 rings (SSSR count). The Labute approximate surface area is 289 Å². The summed E-state index contributed by atoms with van der Waals surface area (Å²) in [5.41, 5.74) is 11.8. The van der Waals surface area contributed by atoms with E-state index in [0.29, 0.717) is 0 Å². The number of fused-ring (bicyclic) bond motifs is 5. The second-order valence-corrected chi connectivity index (χ2v) is 13.2. The number of nitrogens with zero attached hydrogens (tertiary/aromatic N) is 2. The highest BCUT2D eigenvalue weighted by Crippen LogP contribution is 2.42. The largest absolute Gasteiger partial charge is 0.248 e. The monoisotopic (exact) mass is 642 g/mol. The first-order valence-electron chi connectivity index (χ1n) is 16.5. The quantitative estimate of drug-likeness (QED) is 0.183. The molecule has 8 aromatic rings. The van der Waals surface area contributed by atoms with E-state index in [2.05, 4.69) is 170 Å². The Balaban J connectivity index is 1.13. The van der Waals surface area contributed by atoms with E-state index in [0.717, 1.165) is 50.4 Å². The Morgan fingerprint density at radius 3 is 1.84 bits per heavy atom. The first kappa shape index (κ1) is 29.0. The zero-order valence-electron chi connectivity index (χ0n) is 26.6. The van der Waals surface area contributed by atoms with Crippen molar-refractivity contribution in [2.75, 3.05) is 0 Å². The van der Waals surface area contributed by atoms with Crippen LogP contribution in [0.25, 0.3) is 64.7 Å². The summed E-state index contributed by atoms with van der Waals surface area (Å²) >= 11 is 1.82. The van der Waals surface area contributed by atoms with E-state index in [1.165, 1.54) is 36.7 Å². The topological polar surface area (TPSA) is 25.2 Å². The van der Waals surface area contributed by atoms with Gasteiger partial charge in [-0.05, 0) is 46.5 Å². The van der Waals surface area contributed by atoms with E-state index >= 15 is 0 Å². The SMILES string of the molecule is C1=C(c2ccc(-c3nc4ccccc4c4c3sc3ccccc34)cc2)/C=C(c2ccc(-c3ccccc3)cc2)\N=C(c2ccccc2)/C=C/1. The van der Waals surface area contributed by atoms with Crippen LogP contribution in [0.3, 0.4) is 0 Å². The highest BCUT2D eigenvalue weighted by Gasteiger charge is 2.16.